The Balaban J connectivity index is 1.75. The van der Waals surface area contributed by atoms with E-state index in [0.29, 0.717) is 16.5 Å². The lowest BCUT2D eigenvalue weighted by molar-refractivity contribution is -0.150. The molecule has 1 aromatic heterocycles. The molecular weight excluding hydrogens is 348 g/mol. The van der Waals surface area contributed by atoms with Crippen LogP contribution in [0.15, 0.2) is 36.5 Å². The summed E-state index contributed by atoms with van der Waals surface area (Å²) < 4.78 is 11.6. The molecule has 0 aliphatic carbocycles. The van der Waals surface area contributed by atoms with Crippen molar-refractivity contribution < 1.29 is 23.9 Å². The summed E-state index contributed by atoms with van der Waals surface area (Å²) in [7, 11) is 1.68. The fraction of sp³-hybridized carbons (Fsp3) is 0.235. The van der Waals surface area contributed by atoms with E-state index in [1.165, 1.54) is 0 Å². The maximum Gasteiger partial charge on any atom is 0.344 e. The highest BCUT2D eigenvalue weighted by atomic mass is 35.5. The Kier molecular flexibility index (Phi) is 6.19. The summed E-state index contributed by atoms with van der Waals surface area (Å²) in [6.07, 6.45) is 1.68. The first kappa shape index (κ1) is 18.5. The zero-order chi connectivity index (χ0) is 18.4. The zero-order valence-corrected chi connectivity index (χ0v) is 14.5. The monoisotopic (exact) mass is 364 g/mol. The van der Waals surface area contributed by atoms with Crippen molar-refractivity contribution in [2.45, 2.75) is 6.92 Å². The molecule has 0 spiro atoms. The fourth-order valence-corrected chi connectivity index (χ4v) is 2.25. The molecule has 1 aromatic carbocycles. The molecule has 0 aliphatic heterocycles. The predicted molar refractivity (Wildman–Crippen MR) is 90.5 cm³/mol. The molecule has 0 saturated carbocycles. The highest BCUT2D eigenvalue weighted by molar-refractivity contribution is 6.30. The van der Waals surface area contributed by atoms with Crippen molar-refractivity contribution in [1.29, 1.82) is 0 Å². The van der Waals surface area contributed by atoms with Crippen molar-refractivity contribution in [1.82, 2.24) is 9.88 Å². The van der Waals surface area contributed by atoms with E-state index in [1.807, 2.05) is 0 Å². The van der Waals surface area contributed by atoms with Crippen molar-refractivity contribution in [3.05, 3.63) is 52.8 Å². The number of aromatic nitrogens is 1. The Bertz CT molecular complexity index is 800. The molecule has 25 heavy (non-hydrogen) atoms. The van der Waals surface area contributed by atoms with Crippen LogP contribution in [0.3, 0.4) is 0 Å². The number of esters is 1. The highest BCUT2D eigenvalue weighted by Gasteiger charge is 2.15. The minimum Gasteiger partial charge on any atom is -0.482 e. The normalized spacial score (nSPS) is 10.2. The number of aryl methyl sites for hydroxylation is 2. The molecule has 2 rings (SSSR count). The highest BCUT2D eigenvalue weighted by Crippen LogP contribution is 2.21. The Morgan fingerprint density at radius 1 is 1.20 bits per heavy atom. The molecule has 2 amide bonds. The molecule has 8 heteroatoms. The molecule has 2 aromatic rings. The third-order valence-corrected chi connectivity index (χ3v) is 3.51. The second-order valence-electron chi connectivity index (χ2n) is 5.24. The summed E-state index contributed by atoms with van der Waals surface area (Å²) >= 11 is 5.83. The van der Waals surface area contributed by atoms with E-state index >= 15 is 0 Å². The number of imide groups is 1. The van der Waals surface area contributed by atoms with Crippen LogP contribution < -0.4 is 10.1 Å². The minimum absolute atomic E-state index is 0.321. The second kappa shape index (κ2) is 8.34. The van der Waals surface area contributed by atoms with Crippen LogP contribution in [0.2, 0.25) is 5.02 Å². The number of ether oxygens (including phenoxy) is 2. The molecule has 7 nitrogen and oxygen atoms in total. The number of halogens is 1. The van der Waals surface area contributed by atoms with Crippen LogP contribution in [0.1, 0.15) is 16.1 Å². The van der Waals surface area contributed by atoms with Crippen molar-refractivity contribution in [2.24, 2.45) is 7.05 Å². The fourth-order valence-electron chi connectivity index (χ4n) is 2.02. The van der Waals surface area contributed by atoms with Gasteiger partial charge in [0.1, 0.15) is 11.4 Å². The quantitative estimate of drug-likeness (QED) is 0.791. The van der Waals surface area contributed by atoms with Crippen molar-refractivity contribution in [3.63, 3.8) is 0 Å². The number of benzene rings is 1. The molecule has 0 aliphatic rings. The van der Waals surface area contributed by atoms with Gasteiger partial charge in [-0.05, 0) is 42.8 Å². The number of rotatable bonds is 6. The van der Waals surface area contributed by atoms with Gasteiger partial charge in [0.2, 0.25) is 0 Å². The van der Waals surface area contributed by atoms with E-state index in [0.717, 1.165) is 5.56 Å². The number of hydrogen-bond acceptors (Lipinski definition) is 5. The molecule has 0 saturated heterocycles. The lowest BCUT2D eigenvalue weighted by Gasteiger charge is -2.09. The summed E-state index contributed by atoms with van der Waals surface area (Å²) in [4.78, 5) is 35.1. The van der Waals surface area contributed by atoms with Gasteiger partial charge in [0.05, 0.1) is 0 Å². The van der Waals surface area contributed by atoms with Gasteiger partial charge in [-0.1, -0.05) is 11.6 Å². The number of carbonyl (C=O) groups is 3. The average Bonchev–Trinajstić information content (AvgIpc) is 2.98. The molecule has 0 unspecified atom stereocenters. The molecule has 0 radical (unpaired) electrons. The summed E-state index contributed by atoms with van der Waals surface area (Å²) in [5, 5.41) is 2.70. The first-order valence-electron chi connectivity index (χ1n) is 7.37. The van der Waals surface area contributed by atoms with Crippen LogP contribution in [-0.2, 0) is 21.4 Å². The Labute approximate surface area is 149 Å². The van der Waals surface area contributed by atoms with E-state index < -0.39 is 24.4 Å². The van der Waals surface area contributed by atoms with Crippen LogP contribution in [0, 0.1) is 6.92 Å². The van der Waals surface area contributed by atoms with Gasteiger partial charge in [-0.3, -0.25) is 14.9 Å². The van der Waals surface area contributed by atoms with Crippen LogP contribution in [-0.4, -0.2) is 35.6 Å². The lowest BCUT2D eigenvalue weighted by atomic mass is 10.2. The maximum atomic E-state index is 11.8. The molecule has 0 atom stereocenters. The van der Waals surface area contributed by atoms with Gasteiger partial charge in [0, 0.05) is 18.3 Å². The van der Waals surface area contributed by atoms with Crippen molar-refractivity contribution in [3.8, 4) is 5.75 Å². The summed E-state index contributed by atoms with van der Waals surface area (Å²) in [6, 6.07) is 8.21. The Morgan fingerprint density at radius 2 is 1.96 bits per heavy atom. The summed E-state index contributed by atoms with van der Waals surface area (Å²) in [5.41, 5.74) is 1.09. The van der Waals surface area contributed by atoms with Crippen molar-refractivity contribution >= 4 is 29.4 Å². The zero-order valence-electron chi connectivity index (χ0n) is 13.7. The van der Waals surface area contributed by atoms with Crippen LogP contribution >= 0.6 is 11.6 Å². The van der Waals surface area contributed by atoms with Crippen LogP contribution in [0.4, 0.5) is 0 Å². The molecule has 0 fully saturated rings. The standard InChI is InChI=1S/C17H17ClN2O5/c1-11-8-12(18)5-6-14(11)24-10-16(22)25-9-15(21)19-17(23)13-4-3-7-20(13)2/h3-8H,9-10H2,1-2H3,(H,19,21,23). The van der Waals surface area contributed by atoms with Crippen LogP contribution in [0.25, 0.3) is 0 Å². The van der Waals surface area contributed by atoms with Gasteiger partial charge in [0.25, 0.3) is 11.8 Å². The van der Waals surface area contributed by atoms with Gasteiger partial charge in [-0.15, -0.1) is 0 Å². The van der Waals surface area contributed by atoms with Gasteiger partial charge in [0.15, 0.2) is 13.2 Å². The van der Waals surface area contributed by atoms with E-state index in [9.17, 15) is 14.4 Å². The first-order chi connectivity index (χ1) is 11.9. The Morgan fingerprint density at radius 3 is 2.60 bits per heavy atom. The Hall–Kier alpha value is -2.80. The smallest absolute Gasteiger partial charge is 0.344 e. The molecule has 1 heterocycles. The largest absolute Gasteiger partial charge is 0.482 e. The van der Waals surface area contributed by atoms with Gasteiger partial charge in [-0.2, -0.15) is 0 Å². The minimum atomic E-state index is -0.726. The first-order valence-corrected chi connectivity index (χ1v) is 7.74. The lowest BCUT2D eigenvalue weighted by Crippen LogP contribution is -2.35. The SMILES string of the molecule is Cc1cc(Cl)ccc1OCC(=O)OCC(=O)NC(=O)c1cccn1C. The molecule has 1 N–H and O–H groups in total. The average molecular weight is 365 g/mol. The maximum absolute atomic E-state index is 11.8. The number of carbonyl (C=O) groups excluding carboxylic acids is 3. The van der Waals surface area contributed by atoms with E-state index in [-0.39, 0.29) is 6.61 Å². The molecular formula is C17H17ClN2O5. The van der Waals surface area contributed by atoms with E-state index in [2.05, 4.69) is 5.32 Å². The topological polar surface area (TPSA) is 86.6 Å². The third kappa shape index (κ3) is 5.36. The number of hydrogen-bond donors (Lipinski definition) is 1. The molecule has 0 bridgehead atoms. The second-order valence-corrected chi connectivity index (χ2v) is 5.68. The van der Waals surface area contributed by atoms with E-state index in [1.54, 1.807) is 55.1 Å². The van der Waals surface area contributed by atoms with Crippen LogP contribution in [0.5, 0.6) is 5.75 Å². The van der Waals surface area contributed by atoms with E-state index in [4.69, 9.17) is 21.1 Å². The van der Waals surface area contributed by atoms with Gasteiger partial charge >= 0.3 is 5.97 Å². The summed E-state index contributed by atoms with van der Waals surface area (Å²) in [6.45, 7) is 0.856. The number of nitrogens with one attached hydrogen (secondary N) is 1. The number of nitrogens with zero attached hydrogens (tertiary/aromatic N) is 1. The third-order valence-electron chi connectivity index (χ3n) is 3.28. The number of amides is 2. The van der Waals surface area contributed by atoms with Crippen molar-refractivity contribution in [2.75, 3.05) is 13.2 Å². The summed E-state index contributed by atoms with van der Waals surface area (Å²) in [5.74, 6) is -1.52. The predicted octanol–water partition coefficient (Wildman–Crippen LogP) is 1.87. The molecule has 132 valence electrons. The van der Waals surface area contributed by atoms with Gasteiger partial charge in [-0.25, -0.2) is 4.79 Å². The van der Waals surface area contributed by atoms with Gasteiger partial charge < -0.3 is 14.0 Å².